The van der Waals surface area contributed by atoms with E-state index in [9.17, 15) is 23.2 Å². The number of amides is 2. The van der Waals surface area contributed by atoms with Gasteiger partial charge in [0, 0.05) is 24.1 Å². The van der Waals surface area contributed by atoms with Crippen LogP contribution in [0.15, 0.2) is 36.4 Å². The van der Waals surface area contributed by atoms with Gasteiger partial charge >= 0.3 is 5.97 Å². The molecule has 0 saturated carbocycles. The van der Waals surface area contributed by atoms with Crippen LogP contribution in [0.2, 0.25) is 5.02 Å². The molecule has 0 spiro atoms. The van der Waals surface area contributed by atoms with E-state index in [1.165, 1.54) is 13.2 Å². The van der Waals surface area contributed by atoms with Gasteiger partial charge in [-0.3, -0.25) is 14.4 Å². The summed E-state index contributed by atoms with van der Waals surface area (Å²) in [4.78, 5) is 35.5. The molecule has 0 aromatic heterocycles. The lowest BCUT2D eigenvalue weighted by Gasteiger charge is -2.11. The van der Waals surface area contributed by atoms with Crippen LogP contribution in [-0.2, 0) is 14.3 Å². The van der Waals surface area contributed by atoms with Gasteiger partial charge in [0.25, 0.3) is 11.8 Å². The molecule has 0 atom stereocenters. The SMILES string of the molecule is COc1ccc(Cl)cc1NC(=O)COC(=O)CCCNC(=O)c1ccc(F)cc1F. The van der Waals surface area contributed by atoms with Gasteiger partial charge in [-0.2, -0.15) is 0 Å². The predicted octanol–water partition coefficient (Wildman–Crippen LogP) is 3.32. The Balaban J connectivity index is 1.69. The molecule has 0 heterocycles. The number of benzene rings is 2. The Hall–Kier alpha value is -3.20. The van der Waals surface area contributed by atoms with E-state index in [1.54, 1.807) is 12.1 Å². The van der Waals surface area contributed by atoms with Crippen molar-refractivity contribution >= 4 is 35.1 Å². The van der Waals surface area contributed by atoms with E-state index in [4.69, 9.17) is 21.1 Å². The maximum Gasteiger partial charge on any atom is 0.306 e. The molecule has 0 radical (unpaired) electrons. The summed E-state index contributed by atoms with van der Waals surface area (Å²) in [6.45, 7) is -0.446. The molecule has 30 heavy (non-hydrogen) atoms. The van der Waals surface area contributed by atoms with Crippen molar-refractivity contribution in [2.24, 2.45) is 0 Å². The Bertz CT molecular complexity index is 939. The standard InChI is InChI=1S/C20H19ClF2N2O5/c1-29-17-7-4-12(21)9-16(17)25-18(26)11-30-19(27)3-2-8-24-20(28)14-6-5-13(22)10-15(14)23/h4-7,9-10H,2-3,8,11H2,1H3,(H,24,28)(H,25,26). The summed E-state index contributed by atoms with van der Waals surface area (Å²) in [6, 6.07) is 7.28. The highest BCUT2D eigenvalue weighted by atomic mass is 35.5. The fourth-order valence-corrected chi connectivity index (χ4v) is 2.56. The zero-order chi connectivity index (χ0) is 22.1. The van der Waals surface area contributed by atoms with Gasteiger partial charge in [-0.15, -0.1) is 0 Å². The van der Waals surface area contributed by atoms with Crippen molar-refractivity contribution in [3.8, 4) is 5.75 Å². The maximum atomic E-state index is 13.5. The van der Waals surface area contributed by atoms with Gasteiger partial charge in [0.1, 0.15) is 17.4 Å². The number of hydrogen-bond donors (Lipinski definition) is 2. The number of carbonyl (C=O) groups is 3. The van der Waals surface area contributed by atoms with Crippen LogP contribution in [0, 0.1) is 11.6 Å². The largest absolute Gasteiger partial charge is 0.495 e. The Morgan fingerprint density at radius 1 is 1.10 bits per heavy atom. The van der Waals surface area contributed by atoms with Crippen molar-refractivity contribution in [3.63, 3.8) is 0 Å². The lowest BCUT2D eigenvalue weighted by Crippen LogP contribution is -2.26. The number of esters is 1. The first-order valence-electron chi connectivity index (χ1n) is 8.82. The lowest BCUT2D eigenvalue weighted by molar-refractivity contribution is -0.147. The van der Waals surface area contributed by atoms with Crippen LogP contribution in [0.25, 0.3) is 0 Å². The summed E-state index contributed by atoms with van der Waals surface area (Å²) < 4.78 is 36.3. The molecule has 2 aromatic rings. The van der Waals surface area contributed by atoms with Crippen molar-refractivity contribution in [3.05, 3.63) is 58.6 Å². The number of methoxy groups -OCH3 is 1. The third-order valence-corrected chi connectivity index (χ3v) is 4.05. The van der Waals surface area contributed by atoms with Crippen LogP contribution in [0.4, 0.5) is 14.5 Å². The van der Waals surface area contributed by atoms with Crippen molar-refractivity contribution in [1.29, 1.82) is 0 Å². The summed E-state index contributed by atoms with van der Waals surface area (Å²) in [5, 5.41) is 5.33. The summed E-state index contributed by atoms with van der Waals surface area (Å²) in [5.74, 6) is -3.32. The van der Waals surface area contributed by atoms with Gasteiger partial charge in [-0.05, 0) is 36.8 Å². The minimum Gasteiger partial charge on any atom is -0.495 e. The van der Waals surface area contributed by atoms with E-state index in [0.29, 0.717) is 22.5 Å². The van der Waals surface area contributed by atoms with Crippen LogP contribution >= 0.6 is 11.6 Å². The van der Waals surface area contributed by atoms with Crippen molar-refractivity contribution < 1.29 is 32.6 Å². The minimum absolute atomic E-state index is 0.0661. The van der Waals surface area contributed by atoms with Crippen LogP contribution in [0.3, 0.4) is 0 Å². The minimum atomic E-state index is -0.978. The number of anilines is 1. The summed E-state index contributed by atoms with van der Waals surface area (Å²) in [5.41, 5.74) is 0.0360. The fraction of sp³-hybridized carbons (Fsp3) is 0.250. The van der Waals surface area contributed by atoms with Crippen LogP contribution < -0.4 is 15.4 Å². The quantitative estimate of drug-likeness (QED) is 0.461. The fourth-order valence-electron chi connectivity index (χ4n) is 2.39. The number of ether oxygens (including phenoxy) is 2. The number of rotatable bonds is 9. The van der Waals surface area contributed by atoms with Gasteiger partial charge < -0.3 is 20.1 Å². The van der Waals surface area contributed by atoms with Gasteiger partial charge in [-0.25, -0.2) is 8.78 Å². The predicted molar refractivity (Wildman–Crippen MR) is 106 cm³/mol. The molecule has 2 N–H and O–H groups in total. The maximum absolute atomic E-state index is 13.5. The molecule has 160 valence electrons. The highest BCUT2D eigenvalue weighted by Gasteiger charge is 2.13. The zero-order valence-corrected chi connectivity index (χ0v) is 16.7. The van der Waals surface area contributed by atoms with Crippen LogP contribution in [-0.4, -0.2) is 38.0 Å². The Morgan fingerprint density at radius 3 is 2.57 bits per heavy atom. The van der Waals surface area contributed by atoms with E-state index in [-0.39, 0.29) is 24.9 Å². The molecule has 0 bridgehead atoms. The van der Waals surface area contributed by atoms with Crippen LogP contribution in [0.5, 0.6) is 5.75 Å². The molecule has 0 aliphatic carbocycles. The molecular weight excluding hydrogens is 422 g/mol. The molecule has 2 aromatic carbocycles. The second-order valence-corrected chi connectivity index (χ2v) is 6.47. The topological polar surface area (TPSA) is 93.7 Å². The number of carbonyl (C=O) groups excluding carboxylic acids is 3. The molecule has 7 nitrogen and oxygen atoms in total. The first-order valence-corrected chi connectivity index (χ1v) is 9.20. The molecule has 0 fully saturated rings. The molecule has 0 aliphatic rings. The second-order valence-electron chi connectivity index (χ2n) is 6.04. The molecule has 2 amide bonds. The normalized spacial score (nSPS) is 10.3. The highest BCUT2D eigenvalue weighted by molar-refractivity contribution is 6.31. The number of halogens is 3. The Morgan fingerprint density at radius 2 is 1.87 bits per heavy atom. The summed E-state index contributed by atoms with van der Waals surface area (Å²) in [7, 11) is 1.43. The molecule has 10 heteroatoms. The van der Waals surface area contributed by atoms with Gasteiger partial charge in [0.15, 0.2) is 6.61 Å². The third-order valence-electron chi connectivity index (χ3n) is 3.82. The van der Waals surface area contributed by atoms with E-state index in [0.717, 1.165) is 12.1 Å². The lowest BCUT2D eigenvalue weighted by atomic mass is 10.2. The Kier molecular flexibility index (Phi) is 8.54. The van der Waals surface area contributed by atoms with E-state index in [2.05, 4.69) is 10.6 Å². The zero-order valence-electron chi connectivity index (χ0n) is 16.0. The van der Waals surface area contributed by atoms with Gasteiger partial charge in [0.05, 0.1) is 18.4 Å². The molecule has 2 rings (SSSR count). The Labute approximate surface area is 176 Å². The van der Waals surface area contributed by atoms with Gasteiger partial charge in [0.2, 0.25) is 0 Å². The average molecular weight is 441 g/mol. The van der Waals surface area contributed by atoms with E-state index >= 15 is 0 Å². The molecule has 0 saturated heterocycles. The summed E-state index contributed by atoms with van der Waals surface area (Å²) >= 11 is 5.87. The monoisotopic (exact) mass is 440 g/mol. The van der Waals surface area contributed by atoms with Gasteiger partial charge in [-0.1, -0.05) is 11.6 Å². The van der Waals surface area contributed by atoms with E-state index < -0.39 is 36.0 Å². The third kappa shape index (κ3) is 7.00. The summed E-state index contributed by atoms with van der Waals surface area (Å²) in [6.07, 6.45) is 0.136. The highest BCUT2D eigenvalue weighted by Crippen LogP contribution is 2.27. The molecule has 0 unspecified atom stereocenters. The average Bonchev–Trinajstić information content (AvgIpc) is 2.69. The second kappa shape index (κ2) is 11.1. The number of hydrogen-bond acceptors (Lipinski definition) is 5. The van der Waals surface area contributed by atoms with Crippen LogP contribution in [0.1, 0.15) is 23.2 Å². The first kappa shape index (κ1) is 23.1. The smallest absolute Gasteiger partial charge is 0.306 e. The molecule has 0 aliphatic heterocycles. The first-order chi connectivity index (χ1) is 14.3. The van der Waals surface area contributed by atoms with Crippen molar-refractivity contribution in [2.45, 2.75) is 12.8 Å². The van der Waals surface area contributed by atoms with Crippen molar-refractivity contribution in [2.75, 3.05) is 25.6 Å². The number of nitrogens with one attached hydrogen (secondary N) is 2. The van der Waals surface area contributed by atoms with Crippen molar-refractivity contribution in [1.82, 2.24) is 5.32 Å². The van der Waals surface area contributed by atoms with E-state index in [1.807, 2.05) is 0 Å². The molecular formula is C20H19ClF2N2O5.